The summed E-state index contributed by atoms with van der Waals surface area (Å²) >= 11 is 1.32. The molecule has 0 unspecified atom stereocenters. The summed E-state index contributed by atoms with van der Waals surface area (Å²) in [6.45, 7) is 2.10. The number of aromatic nitrogens is 4. The number of piperidine rings is 1. The summed E-state index contributed by atoms with van der Waals surface area (Å²) in [7, 11) is 2.14. The van der Waals surface area contributed by atoms with Crippen LogP contribution in [0.1, 0.15) is 30.0 Å². The lowest BCUT2D eigenvalue weighted by molar-refractivity contribution is 0.212. The molecule has 5 rings (SSSR count). The third-order valence-corrected chi connectivity index (χ3v) is 7.08. The molecule has 3 aromatic heterocycles. The Bertz CT molecular complexity index is 1420. The molecule has 1 aromatic carbocycles. The van der Waals surface area contributed by atoms with E-state index in [2.05, 4.69) is 40.5 Å². The predicted octanol–water partition coefficient (Wildman–Crippen LogP) is 4.50. The fourth-order valence-corrected chi connectivity index (χ4v) is 5.22. The van der Waals surface area contributed by atoms with Crippen LogP contribution in [0, 0.1) is 28.5 Å². The lowest BCUT2D eigenvalue weighted by Gasteiger charge is -2.28. The summed E-state index contributed by atoms with van der Waals surface area (Å²) in [6, 6.07) is 10.7. The number of nitrogens with zero attached hydrogens (tertiary/aromatic N) is 7. The summed E-state index contributed by atoms with van der Waals surface area (Å²) < 4.78 is 17.3. The minimum atomic E-state index is -0.460. The lowest BCUT2D eigenvalue weighted by Crippen LogP contribution is -2.31. The van der Waals surface area contributed by atoms with Crippen molar-refractivity contribution in [2.24, 2.45) is 0 Å². The Morgan fingerprint density at radius 2 is 1.76 bits per heavy atom. The molecule has 0 radical (unpaired) electrons. The maximum atomic E-state index is 13.6. The second kappa shape index (κ2) is 8.70. The van der Waals surface area contributed by atoms with E-state index in [4.69, 9.17) is 0 Å². The highest BCUT2D eigenvalue weighted by molar-refractivity contribution is 7.99. The minimum absolute atomic E-state index is 0.247. The summed E-state index contributed by atoms with van der Waals surface area (Å²) in [5, 5.41) is 28.0. The highest BCUT2D eigenvalue weighted by atomic mass is 32.2. The Morgan fingerprint density at radius 1 is 0.970 bits per heavy atom. The molecule has 0 N–H and O–H groups in total. The van der Waals surface area contributed by atoms with Crippen molar-refractivity contribution in [3.8, 4) is 23.3 Å². The molecule has 0 saturated carbocycles. The number of pyridine rings is 1. The number of benzene rings is 1. The van der Waals surface area contributed by atoms with Gasteiger partial charge in [0.15, 0.2) is 0 Å². The van der Waals surface area contributed by atoms with Gasteiger partial charge in [-0.15, -0.1) is 0 Å². The molecule has 0 amide bonds. The number of rotatable bonds is 4. The number of nitriles is 2. The third kappa shape index (κ3) is 4.09. The van der Waals surface area contributed by atoms with Crippen molar-refractivity contribution >= 4 is 17.3 Å². The molecule has 4 aromatic rings. The van der Waals surface area contributed by atoms with Crippen LogP contribution in [0.3, 0.4) is 0 Å². The van der Waals surface area contributed by atoms with Crippen LogP contribution in [0.4, 0.5) is 4.39 Å². The Hall–Kier alpha value is -3.66. The first-order valence-corrected chi connectivity index (χ1v) is 11.4. The van der Waals surface area contributed by atoms with Gasteiger partial charge in [0.25, 0.3) is 0 Å². The number of likely N-dealkylation sites (tertiary alicyclic amines) is 1. The topological polar surface area (TPSA) is 85.9 Å². The molecule has 33 heavy (non-hydrogen) atoms. The maximum absolute atomic E-state index is 13.6. The van der Waals surface area contributed by atoms with Crippen molar-refractivity contribution in [1.82, 2.24) is 24.3 Å². The van der Waals surface area contributed by atoms with Gasteiger partial charge in [-0.2, -0.15) is 20.7 Å². The van der Waals surface area contributed by atoms with E-state index in [1.807, 2.05) is 23.1 Å². The Morgan fingerprint density at radius 3 is 2.52 bits per heavy atom. The van der Waals surface area contributed by atoms with Crippen LogP contribution in [0.5, 0.6) is 0 Å². The normalized spacial score (nSPS) is 14.9. The molecule has 0 spiro atoms. The molecule has 1 aliphatic heterocycles. The molecule has 0 bridgehead atoms. The van der Waals surface area contributed by atoms with Gasteiger partial charge >= 0.3 is 0 Å². The molecule has 1 saturated heterocycles. The molecule has 1 fully saturated rings. The number of fused-ring (bicyclic) bond motifs is 1. The van der Waals surface area contributed by atoms with Crippen LogP contribution in [0.25, 0.3) is 16.6 Å². The van der Waals surface area contributed by atoms with Crippen LogP contribution < -0.4 is 0 Å². The van der Waals surface area contributed by atoms with Crippen molar-refractivity contribution in [2.45, 2.75) is 28.7 Å². The molecule has 164 valence electrons. The van der Waals surface area contributed by atoms with E-state index < -0.39 is 5.82 Å². The van der Waals surface area contributed by atoms with Gasteiger partial charge in [-0.25, -0.2) is 8.91 Å². The molecular weight excluding hydrogens is 437 g/mol. The molecular formula is C24H20FN7S. The zero-order valence-electron chi connectivity index (χ0n) is 17.9. The predicted molar refractivity (Wildman–Crippen MR) is 122 cm³/mol. The third-order valence-electron chi connectivity index (χ3n) is 5.98. The van der Waals surface area contributed by atoms with E-state index in [9.17, 15) is 14.9 Å². The zero-order chi connectivity index (χ0) is 22.9. The van der Waals surface area contributed by atoms with E-state index in [-0.39, 0.29) is 5.56 Å². The smallest absolute Gasteiger partial charge is 0.124 e. The standard InChI is InChI=1S/C24H20FN7S/c1-30-6-4-21(5-7-30)31-15-19(13-28-31)17-9-23(24-18(11-27)12-29-32(24)14-17)33-22-3-2-20(25)8-16(22)10-26/h2-3,8-9,12-15,21H,4-7H2,1H3. The van der Waals surface area contributed by atoms with Gasteiger partial charge in [-0.1, -0.05) is 11.8 Å². The van der Waals surface area contributed by atoms with Crippen molar-refractivity contribution in [1.29, 1.82) is 10.5 Å². The molecule has 4 heterocycles. The van der Waals surface area contributed by atoms with Gasteiger partial charge in [-0.3, -0.25) is 4.68 Å². The second-order valence-electron chi connectivity index (χ2n) is 8.15. The van der Waals surface area contributed by atoms with E-state index in [0.29, 0.717) is 22.0 Å². The Balaban J connectivity index is 1.56. The summed E-state index contributed by atoms with van der Waals surface area (Å²) in [5.74, 6) is -0.460. The lowest BCUT2D eigenvalue weighted by atomic mass is 10.1. The first-order chi connectivity index (χ1) is 16.1. The Labute approximate surface area is 194 Å². The zero-order valence-corrected chi connectivity index (χ0v) is 18.8. The van der Waals surface area contributed by atoms with Gasteiger partial charge in [-0.05, 0) is 57.2 Å². The number of hydrogen-bond donors (Lipinski definition) is 0. The Kier molecular flexibility index (Phi) is 5.59. The largest absolute Gasteiger partial charge is 0.306 e. The molecule has 1 aliphatic rings. The average molecular weight is 458 g/mol. The molecule has 0 atom stereocenters. The van der Waals surface area contributed by atoms with E-state index in [1.54, 1.807) is 10.6 Å². The van der Waals surface area contributed by atoms with Crippen molar-refractivity contribution < 1.29 is 4.39 Å². The highest BCUT2D eigenvalue weighted by Crippen LogP contribution is 2.37. The van der Waals surface area contributed by atoms with Crippen LogP contribution >= 0.6 is 11.8 Å². The van der Waals surface area contributed by atoms with Gasteiger partial charge in [0.2, 0.25) is 0 Å². The van der Waals surface area contributed by atoms with E-state index in [1.165, 1.54) is 30.1 Å². The van der Waals surface area contributed by atoms with Gasteiger partial charge < -0.3 is 4.90 Å². The van der Waals surface area contributed by atoms with Gasteiger partial charge in [0.1, 0.15) is 18.0 Å². The van der Waals surface area contributed by atoms with E-state index in [0.717, 1.165) is 42.0 Å². The molecule has 0 aliphatic carbocycles. The minimum Gasteiger partial charge on any atom is -0.306 e. The number of hydrogen-bond acceptors (Lipinski definition) is 6. The van der Waals surface area contributed by atoms with Crippen LogP contribution in [0.2, 0.25) is 0 Å². The van der Waals surface area contributed by atoms with Crippen molar-refractivity contribution in [2.75, 3.05) is 20.1 Å². The van der Waals surface area contributed by atoms with Crippen LogP contribution in [-0.4, -0.2) is 44.4 Å². The number of halogens is 1. The first-order valence-electron chi connectivity index (χ1n) is 10.6. The molecule has 9 heteroatoms. The fraction of sp³-hybridized carbons (Fsp3) is 0.250. The summed E-state index contributed by atoms with van der Waals surface area (Å²) in [4.78, 5) is 3.70. The van der Waals surface area contributed by atoms with Crippen LogP contribution in [-0.2, 0) is 0 Å². The monoisotopic (exact) mass is 457 g/mol. The second-order valence-corrected chi connectivity index (χ2v) is 9.24. The fourth-order valence-electron chi connectivity index (χ4n) is 4.15. The van der Waals surface area contributed by atoms with Crippen molar-refractivity contribution in [3.05, 3.63) is 66.0 Å². The first kappa shape index (κ1) is 21.2. The van der Waals surface area contributed by atoms with E-state index >= 15 is 0 Å². The average Bonchev–Trinajstić information content (AvgIpc) is 3.48. The van der Waals surface area contributed by atoms with Gasteiger partial charge in [0.05, 0.1) is 35.1 Å². The maximum Gasteiger partial charge on any atom is 0.124 e. The summed E-state index contributed by atoms with van der Waals surface area (Å²) in [6.07, 6.45) is 9.43. The highest BCUT2D eigenvalue weighted by Gasteiger charge is 2.20. The van der Waals surface area contributed by atoms with Gasteiger partial charge in [0, 0.05) is 33.3 Å². The SMILES string of the molecule is CN1CCC(n2cc(-c3cc(Sc4ccc(F)cc4C#N)c4c(C#N)cnn4c3)cn2)CC1. The quantitative estimate of drug-likeness (QED) is 0.449. The molecule has 7 nitrogen and oxygen atoms in total. The van der Waals surface area contributed by atoms with Crippen molar-refractivity contribution in [3.63, 3.8) is 0 Å². The van der Waals surface area contributed by atoms with Crippen LogP contribution in [0.15, 0.2) is 58.8 Å². The summed E-state index contributed by atoms with van der Waals surface area (Å²) in [5.41, 5.74) is 3.19.